The Labute approximate surface area is 145 Å². The van der Waals surface area contributed by atoms with Gasteiger partial charge in [0.15, 0.2) is 6.61 Å². The van der Waals surface area contributed by atoms with Crippen LogP contribution < -0.4 is 15.8 Å². The summed E-state index contributed by atoms with van der Waals surface area (Å²) in [5, 5.41) is 3.05. The van der Waals surface area contributed by atoms with Crippen molar-refractivity contribution in [1.82, 2.24) is 5.32 Å². The highest BCUT2D eigenvalue weighted by molar-refractivity contribution is 5.85. The Kier molecular flexibility index (Phi) is 8.42. The number of nitrogens with two attached hydrogens (primary N) is 1. The molecule has 0 spiro atoms. The predicted octanol–water partition coefficient (Wildman–Crippen LogP) is 3.13. The van der Waals surface area contributed by atoms with Gasteiger partial charge in [-0.15, -0.1) is 12.4 Å². The van der Waals surface area contributed by atoms with E-state index in [9.17, 15) is 4.79 Å². The maximum absolute atomic E-state index is 12.1. The molecule has 2 rings (SSSR count). The standard InChI is InChI=1S/C18H28N2O2.ClH/c1-13-8-9-17(14(2)10-13)22-12-18(21)20-16(11-19)15-6-4-3-5-7-15;/h8-10,15-16H,3-7,11-12,19H2,1-2H3,(H,20,21);1H. The number of hydrogen-bond acceptors (Lipinski definition) is 3. The highest BCUT2D eigenvalue weighted by atomic mass is 35.5. The van der Waals surface area contributed by atoms with Crippen molar-refractivity contribution in [3.05, 3.63) is 29.3 Å². The van der Waals surface area contributed by atoms with Gasteiger partial charge in [-0.25, -0.2) is 0 Å². The molecule has 4 nitrogen and oxygen atoms in total. The van der Waals surface area contributed by atoms with Gasteiger partial charge in [-0.05, 0) is 44.2 Å². The lowest BCUT2D eigenvalue weighted by Gasteiger charge is -2.30. The fourth-order valence-electron chi connectivity index (χ4n) is 3.26. The molecule has 130 valence electrons. The third-order valence-corrected chi connectivity index (χ3v) is 4.51. The first-order chi connectivity index (χ1) is 10.6. The summed E-state index contributed by atoms with van der Waals surface area (Å²) in [6, 6.07) is 6.04. The van der Waals surface area contributed by atoms with Crippen LogP contribution in [0.1, 0.15) is 43.2 Å². The molecule has 23 heavy (non-hydrogen) atoms. The second-order valence-corrected chi connectivity index (χ2v) is 6.37. The van der Waals surface area contributed by atoms with Gasteiger partial charge in [0.05, 0.1) is 0 Å². The van der Waals surface area contributed by atoms with Crippen molar-refractivity contribution in [2.75, 3.05) is 13.2 Å². The van der Waals surface area contributed by atoms with Crippen molar-refractivity contribution < 1.29 is 9.53 Å². The molecule has 0 radical (unpaired) electrons. The molecule has 1 amide bonds. The number of carbonyl (C=O) groups excluding carboxylic acids is 1. The van der Waals surface area contributed by atoms with Gasteiger partial charge in [-0.1, -0.05) is 37.0 Å². The molecule has 1 fully saturated rings. The fraction of sp³-hybridized carbons (Fsp3) is 0.611. The number of amides is 1. The monoisotopic (exact) mass is 340 g/mol. The molecule has 0 aromatic heterocycles. The smallest absolute Gasteiger partial charge is 0.258 e. The van der Waals surface area contributed by atoms with E-state index in [1.165, 1.54) is 37.7 Å². The van der Waals surface area contributed by atoms with Crippen LogP contribution in [0.4, 0.5) is 0 Å². The molecule has 0 saturated heterocycles. The minimum Gasteiger partial charge on any atom is -0.484 e. The minimum atomic E-state index is -0.0824. The molecule has 0 aliphatic heterocycles. The molecule has 1 aliphatic carbocycles. The largest absolute Gasteiger partial charge is 0.484 e. The summed E-state index contributed by atoms with van der Waals surface area (Å²) < 4.78 is 5.63. The summed E-state index contributed by atoms with van der Waals surface area (Å²) in [4.78, 5) is 12.1. The third-order valence-electron chi connectivity index (χ3n) is 4.51. The molecule has 1 atom stereocenters. The molecule has 1 aliphatic rings. The SMILES string of the molecule is Cc1ccc(OCC(=O)NC(CN)C2CCCCC2)c(C)c1.Cl. The lowest BCUT2D eigenvalue weighted by Crippen LogP contribution is -2.47. The molecule has 0 heterocycles. The fourth-order valence-corrected chi connectivity index (χ4v) is 3.26. The van der Waals surface area contributed by atoms with Crippen LogP contribution in [0.15, 0.2) is 18.2 Å². The molecule has 5 heteroatoms. The number of rotatable bonds is 6. The topological polar surface area (TPSA) is 64.3 Å². The second-order valence-electron chi connectivity index (χ2n) is 6.37. The number of nitrogens with one attached hydrogen (secondary N) is 1. The van der Waals surface area contributed by atoms with Crippen LogP contribution in [0.5, 0.6) is 5.75 Å². The second kappa shape index (κ2) is 9.78. The summed E-state index contributed by atoms with van der Waals surface area (Å²) in [5.41, 5.74) is 8.09. The van der Waals surface area contributed by atoms with Crippen molar-refractivity contribution in [2.45, 2.75) is 52.0 Å². The van der Waals surface area contributed by atoms with Crippen LogP contribution in [0.3, 0.4) is 0 Å². The summed E-state index contributed by atoms with van der Waals surface area (Å²) >= 11 is 0. The van der Waals surface area contributed by atoms with Gasteiger partial charge in [0.1, 0.15) is 5.75 Å². The number of halogens is 1. The predicted molar refractivity (Wildman–Crippen MR) is 96.2 cm³/mol. The Hall–Kier alpha value is -1.26. The quantitative estimate of drug-likeness (QED) is 0.836. The first-order valence-corrected chi connectivity index (χ1v) is 8.29. The zero-order chi connectivity index (χ0) is 15.9. The Balaban J connectivity index is 0.00000264. The van der Waals surface area contributed by atoms with Gasteiger partial charge in [0.25, 0.3) is 5.91 Å². The Bertz CT molecular complexity index is 502. The van der Waals surface area contributed by atoms with E-state index in [1.54, 1.807) is 0 Å². The normalized spacial score (nSPS) is 16.3. The first-order valence-electron chi connectivity index (χ1n) is 8.29. The maximum atomic E-state index is 12.1. The van der Waals surface area contributed by atoms with Crippen molar-refractivity contribution in [3.63, 3.8) is 0 Å². The van der Waals surface area contributed by atoms with Crippen molar-refractivity contribution >= 4 is 18.3 Å². The van der Waals surface area contributed by atoms with Crippen LogP contribution in [0.25, 0.3) is 0 Å². The first kappa shape index (κ1) is 19.8. The number of hydrogen-bond donors (Lipinski definition) is 2. The average molecular weight is 341 g/mol. The maximum Gasteiger partial charge on any atom is 0.258 e. The Morgan fingerprint density at radius 1 is 1.30 bits per heavy atom. The Morgan fingerprint density at radius 2 is 2.00 bits per heavy atom. The summed E-state index contributed by atoms with van der Waals surface area (Å²) in [7, 11) is 0. The molecule has 1 saturated carbocycles. The van der Waals surface area contributed by atoms with Crippen molar-refractivity contribution in [3.8, 4) is 5.75 Å². The van der Waals surface area contributed by atoms with Crippen LogP contribution >= 0.6 is 12.4 Å². The van der Waals surface area contributed by atoms with Crippen molar-refractivity contribution in [1.29, 1.82) is 0 Å². The third kappa shape index (κ3) is 6.04. The number of carbonyl (C=O) groups is 1. The van der Waals surface area contributed by atoms with E-state index in [1.807, 2.05) is 26.0 Å². The molecular formula is C18H29ClN2O2. The summed E-state index contributed by atoms with van der Waals surface area (Å²) in [6.45, 7) is 4.58. The van der Waals surface area contributed by atoms with E-state index < -0.39 is 0 Å². The zero-order valence-electron chi connectivity index (χ0n) is 14.1. The van der Waals surface area contributed by atoms with Crippen LogP contribution in [-0.4, -0.2) is 25.1 Å². The lowest BCUT2D eigenvalue weighted by molar-refractivity contribution is -0.124. The summed E-state index contributed by atoms with van der Waals surface area (Å²) in [6.07, 6.45) is 6.13. The van der Waals surface area contributed by atoms with E-state index >= 15 is 0 Å². The molecule has 1 aromatic carbocycles. The van der Waals surface area contributed by atoms with Crippen LogP contribution in [-0.2, 0) is 4.79 Å². The van der Waals surface area contributed by atoms with Crippen molar-refractivity contribution in [2.24, 2.45) is 11.7 Å². The van der Waals surface area contributed by atoms with E-state index in [4.69, 9.17) is 10.5 Å². The Morgan fingerprint density at radius 3 is 2.61 bits per heavy atom. The van der Waals surface area contributed by atoms with Gasteiger partial charge in [-0.3, -0.25) is 4.79 Å². The van der Waals surface area contributed by atoms with E-state index in [0.29, 0.717) is 12.5 Å². The van der Waals surface area contributed by atoms with E-state index in [-0.39, 0.29) is 31.0 Å². The van der Waals surface area contributed by atoms with Gasteiger partial charge >= 0.3 is 0 Å². The van der Waals surface area contributed by atoms with Gasteiger partial charge in [0.2, 0.25) is 0 Å². The highest BCUT2D eigenvalue weighted by Crippen LogP contribution is 2.26. The van der Waals surface area contributed by atoms with E-state index in [2.05, 4.69) is 11.4 Å². The van der Waals surface area contributed by atoms with Crippen LogP contribution in [0, 0.1) is 19.8 Å². The van der Waals surface area contributed by atoms with Gasteiger partial charge in [0, 0.05) is 12.6 Å². The number of ether oxygens (including phenoxy) is 1. The molecule has 1 aromatic rings. The number of aryl methyl sites for hydroxylation is 2. The minimum absolute atomic E-state index is 0. The van der Waals surface area contributed by atoms with E-state index in [0.717, 1.165) is 11.3 Å². The molecule has 3 N–H and O–H groups in total. The summed E-state index contributed by atoms with van der Waals surface area (Å²) in [5.74, 6) is 1.20. The highest BCUT2D eigenvalue weighted by Gasteiger charge is 2.24. The van der Waals surface area contributed by atoms with Gasteiger partial charge < -0.3 is 15.8 Å². The van der Waals surface area contributed by atoms with Crippen LogP contribution in [0.2, 0.25) is 0 Å². The average Bonchev–Trinajstić information content (AvgIpc) is 2.52. The van der Waals surface area contributed by atoms with Gasteiger partial charge in [-0.2, -0.15) is 0 Å². The number of benzene rings is 1. The molecule has 0 bridgehead atoms. The molecular weight excluding hydrogens is 312 g/mol. The lowest BCUT2D eigenvalue weighted by atomic mass is 9.84. The zero-order valence-corrected chi connectivity index (χ0v) is 15.0. The molecule has 1 unspecified atom stereocenters.